The molecule has 1 saturated carbocycles. The number of rotatable bonds is 1. The van der Waals surface area contributed by atoms with Gasteiger partial charge in [0.25, 0.3) is 0 Å². The molecule has 1 fully saturated rings. The van der Waals surface area contributed by atoms with Crippen molar-refractivity contribution in [2.45, 2.75) is 84.3 Å². The van der Waals surface area contributed by atoms with Crippen LogP contribution in [0.3, 0.4) is 0 Å². The van der Waals surface area contributed by atoms with Crippen LogP contribution in [0.2, 0.25) is 0 Å². The van der Waals surface area contributed by atoms with Gasteiger partial charge in [0.15, 0.2) is 0 Å². The van der Waals surface area contributed by atoms with Crippen LogP contribution in [0.4, 0.5) is 0 Å². The summed E-state index contributed by atoms with van der Waals surface area (Å²) in [6.07, 6.45) is 9.04. The summed E-state index contributed by atoms with van der Waals surface area (Å²) < 4.78 is 0. The third-order valence-electron chi connectivity index (χ3n) is 6.29. The monoisotopic (exact) mass is 306 g/mol. The second kappa shape index (κ2) is 6.49. The molecule has 0 aromatic carbocycles. The maximum atomic E-state index is 10.6. The molecular formula is C20H34O2. The van der Waals surface area contributed by atoms with E-state index in [1.807, 2.05) is 13.8 Å². The Morgan fingerprint density at radius 3 is 2.55 bits per heavy atom. The number of aliphatic hydroxyl groups is 2. The van der Waals surface area contributed by atoms with Gasteiger partial charge < -0.3 is 10.2 Å². The highest BCUT2D eigenvalue weighted by atomic mass is 16.3. The van der Waals surface area contributed by atoms with Gasteiger partial charge in [-0.1, -0.05) is 25.2 Å². The Morgan fingerprint density at radius 1 is 1.23 bits per heavy atom. The average molecular weight is 306 g/mol. The zero-order valence-corrected chi connectivity index (χ0v) is 14.9. The lowest BCUT2D eigenvalue weighted by Crippen LogP contribution is -2.37. The van der Waals surface area contributed by atoms with Crippen LogP contribution < -0.4 is 0 Å². The SMILES string of the molecule is C=C1CCC2C(C(C)(C)O)CCC2(C)CC=C(C)CCC1O. The fraction of sp³-hybridized carbons (Fsp3) is 0.800. The Kier molecular flexibility index (Phi) is 5.23. The summed E-state index contributed by atoms with van der Waals surface area (Å²) in [6, 6.07) is 0. The first-order chi connectivity index (χ1) is 10.1. The quantitative estimate of drug-likeness (QED) is 0.694. The van der Waals surface area contributed by atoms with Crippen molar-refractivity contribution >= 4 is 0 Å². The standard InChI is InChI=1S/C20H34O2/c1-14-6-9-18(21)15(2)7-8-17-16(19(3,4)22)11-13-20(17,5)12-10-14/h10,16-18,21-22H,2,6-9,11-13H2,1,3-5H3. The van der Waals surface area contributed by atoms with Gasteiger partial charge in [-0.05, 0) is 88.5 Å². The molecule has 0 bridgehead atoms. The summed E-state index contributed by atoms with van der Waals surface area (Å²) in [5.74, 6) is 0.843. The van der Waals surface area contributed by atoms with Crippen LogP contribution in [-0.4, -0.2) is 21.9 Å². The van der Waals surface area contributed by atoms with E-state index in [0.29, 0.717) is 11.8 Å². The number of hydrogen-bond donors (Lipinski definition) is 2. The second-order valence-electron chi connectivity index (χ2n) is 8.57. The molecule has 4 atom stereocenters. The summed E-state index contributed by atoms with van der Waals surface area (Å²) >= 11 is 0. The van der Waals surface area contributed by atoms with Gasteiger partial charge in [0.1, 0.15) is 0 Å². The van der Waals surface area contributed by atoms with Gasteiger partial charge in [0.2, 0.25) is 0 Å². The lowest BCUT2D eigenvalue weighted by atomic mass is 9.68. The van der Waals surface area contributed by atoms with Crippen molar-refractivity contribution in [2.75, 3.05) is 0 Å². The number of aliphatic hydroxyl groups excluding tert-OH is 1. The molecule has 2 aliphatic rings. The summed E-state index contributed by atoms with van der Waals surface area (Å²) in [6.45, 7) is 12.6. The zero-order valence-electron chi connectivity index (χ0n) is 14.9. The zero-order chi connectivity index (χ0) is 16.5. The molecule has 0 heterocycles. The molecule has 2 heteroatoms. The van der Waals surface area contributed by atoms with E-state index in [1.54, 1.807) is 0 Å². The van der Waals surface area contributed by atoms with E-state index < -0.39 is 5.60 Å². The van der Waals surface area contributed by atoms with Gasteiger partial charge >= 0.3 is 0 Å². The summed E-state index contributed by atoms with van der Waals surface area (Å²) in [5, 5.41) is 20.9. The normalized spacial score (nSPS) is 38.2. The van der Waals surface area contributed by atoms with Crippen LogP contribution >= 0.6 is 0 Å². The van der Waals surface area contributed by atoms with Crippen molar-refractivity contribution < 1.29 is 10.2 Å². The third kappa shape index (κ3) is 3.83. The van der Waals surface area contributed by atoms with Crippen molar-refractivity contribution in [3.05, 3.63) is 23.8 Å². The van der Waals surface area contributed by atoms with E-state index >= 15 is 0 Å². The van der Waals surface area contributed by atoms with E-state index in [-0.39, 0.29) is 11.5 Å². The molecule has 2 rings (SSSR count). The summed E-state index contributed by atoms with van der Waals surface area (Å²) in [7, 11) is 0. The molecular weight excluding hydrogens is 272 g/mol. The van der Waals surface area contributed by atoms with Crippen LogP contribution in [0.5, 0.6) is 0 Å². The van der Waals surface area contributed by atoms with Crippen LogP contribution in [0, 0.1) is 17.3 Å². The number of hydrogen-bond acceptors (Lipinski definition) is 2. The molecule has 4 unspecified atom stereocenters. The highest BCUT2D eigenvalue weighted by Gasteiger charge is 2.48. The van der Waals surface area contributed by atoms with Gasteiger partial charge in [-0.25, -0.2) is 0 Å². The minimum Gasteiger partial charge on any atom is -0.390 e. The van der Waals surface area contributed by atoms with Crippen molar-refractivity contribution in [1.29, 1.82) is 0 Å². The third-order valence-corrected chi connectivity index (χ3v) is 6.29. The fourth-order valence-electron chi connectivity index (χ4n) is 4.59. The van der Waals surface area contributed by atoms with Gasteiger partial charge in [-0.15, -0.1) is 0 Å². The Balaban J connectivity index is 2.28. The van der Waals surface area contributed by atoms with Crippen LogP contribution in [-0.2, 0) is 0 Å². The smallest absolute Gasteiger partial charge is 0.0750 e. The summed E-state index contributed by atoms with van der Waals surface area (Å²) in [4.78, 5) is 0. The average Bonchev–Trinajstić information content (AvgIpc) is 2.76. The van der Waals surface area contributed by atoms with Crippen LogP contribution in [0.1, 0.15) is 72.6 Å². The van der Waals surface area contributed by atoms with Gasteiger partial charge in [-0.2, -0.15) is 0 Å². The number of fused-ring (bicyclic) bond motifs is 1. The van der Waals surface area contributed by atoms with Crippen molar-refractivity contribution in [3.8, 4) is 0 Å². The maximum absolute atomic E-state index is 10.6. The molecule has 2 aliphatic carbocycles. The first kappa shape index (κ1) is 17.7. The predicted molar refractivity (Wildman–Crippen MR) is 92.6 cm³/mol. The predicted octanol–water partition coefficient (Wildman–Crippen LogP) is 4.62. The highest BCUT2D eigenvalue weighted by molar-refractivity contribution is 5.11. The molecule has 126 valence electrons. The van der Waals surface area contributed by atoms with E-state index in [0.717, 1.165) is 44.1 Å². The van der Waals surface area contributed by atoms with Crippen LogP contribution in [0.25, 0.3) is 0 Å². The summed E-state index contributed by atoms with van der Waals surface area (Å²) in [5.41, 5.74) is 1.99. The first-order valence-electron chi connectivity index (χ1n) is 8.87. The molecule has 0 aromatic rings. The molecule has 2 nitrogen and oxygen atoms in total. The lowest BCUT2D eigenvalue weighted by molar-refractivity contribution is -0.0164. The minimum absolute atomic E-state index is 0.265. The van der Waals surface area contributed by atoms with Gasteiger partial charge in [0, 0.05) is 0 Å². The van der Waals surface area contributed by atoms with Gasteiger partial charge in [0.05, 0.1) is 11.7 Å². The Labute approximate surface area is 136 Å². The van der Waals surface area contributed by atoms with Crippen molar-refractivity contribution in [2.24, 2.45) is 17.3 Å². The topological polar surface area (TPSA) is 40.5 Å². The van der Waals surface area contributed by atoms with Crippen molar-refractivity contribution in [3.63, 3.8) is 0 Å². The Hall–Kier alpha value is -0.600. The molecule has 0 aromatic heterocycles. The molecule has 0 radical (unpaired) electrons. The highest BCUT2D eigenvalue weighted by Crippen LogP contribution is 2.55. The van der Waals surface area contributed by atoms with E-state index in [2.05, 4.69) is 26.5 Å². The molecule has 0 spiro atoms. The van der Waals surface area contributed by atoms with Gasteiger partial charge in [-0.3, -0.25) is 0 Å². The fourth-order valence-corrected chi connectivity index (χ4v) is 4.59. The van der Waals surface area contributed by atoms with E-state index in [9.17, 15) is 10.2 Å². The molecule has 22 heavy (non-hydrogen) atoms. The van der Waals surface area contributed by atoms with E-state index in [4.69, 9.17) is 0 Å². The Morgan fingerprint density at radius 2 is 1.91 bits per heavy atom. The Bertz CT molecular complexity index is 443. The minimum atomic E-state index is -0.624. The largest absolute Gasteiger partial charge is 0.390 e. The second-order valence-corrected chi connectivity index (χ2v) is 8.57. The maximum Gasteiger partial charge on any atom is 0.0750 e. The first-order valence-corrected chi connectivity index (χ1v) is 8.87. The lowest BCUT2D eigenvalue weighted by Gasteiger charge is -2.38. The molecule has 0 saturated heterocycles. The van der Waals surface area contributed by atoms with Crippen molar-refractivity contribution in [1.82, 2.24) is 0 Å². The molecule has 0 amide bonds. The molecule has 0 aliphatic heterocycles. The molecule has 2 N–H and O–H groups in total. The number of allylic oxidation sites excluding steroid dienone is 2. The van der Waals surface area contributed by atoms with E-state index in [1.165, 1.54) is 12.0 Å². The van der Waals surface area contributed by atoms with Crippen LogP contribution in [0.15, 0.2) is 23.8 Å².